The smallest absolute Gasteiger partial charge is 0.228 e. The van der Waals surface area contributed by atoms with Crippen LogP contribution in [0, 0.1) is 12.7 Å². The molecule has 0 amide bonds. The molecule has 1 aromatic carbocycles. The number of nitrogens with two attached hydrogens (primary N) is 1. The van der Waals surface area contributed by atoms with Crippen LogP contribution in [-0.4, -0.2) is 27.6 Å². The zero-order chi connectivity index (χ0) is 17.7. The van der Waals surface area contributed by atoms with Crippen molar-refractivity contribution in [3.8, 4) is 5.75 Å². The molecule has 0 aliphatic heterocycles. The molecule has 0 bridgehead atoms. The topological polar surface area (TPSA) is 86.0 Å². The van der Waals surface area contributed by atoms with Crippen LogP contribution in [-0.2, 0) is 0 Å². The number of aryl methyl sites for hydroxylation is 1. The molecule has 3 N–H and O–H groups in total. The van der Waals surface area contributed by atoms with Crippen molar-refractivity contribution in [1.82, 2.24) is 15.0 Å². The third-order valence-corrected chi connectivity index (χ3v) is 3.43. The molecular formula is C16H21F2N5O. The van der Waals surface area contributed by atoms with E-state index in [0.717, 1.165) is 0 Å². The van der Waals surface area contributed by atoms with Crippen LogP contribution in [0.15, 0.2) is 18.2 Å². The highest BCUT2D eigenvalue weighted by molar-refractivity contribution is 5.33. The van der Waals surface area contributed by atoms with Gasteiger partial charge >= 0.3 is 0 Å². The van der Waals surface area contributed by atoms with Crippen LogP contribution < -0.4 is 15.8 Å². The Hall–Kier alpha value is -2.51. The predicted molar refractivity (Wildman–Crippen MR) is 88.1 cm³/mol. The fourth-order valence-electron chi connectivity index (χ4n) is 2.00. The molecule has 2 atom stereocenters. The third-order valence-electron chi connectivity index (χ3n) is 3.43. The van der Waals surface area contributed by atoms with Gasteiger partial charge in [0.15, 0.2) is 12.0 Å². The fourth-order valence-corrected chi connectivity index (χ4v) is 2.00. The standard InChI is InChI=1S/C16H21F2N5O/c1-4-11(8-24-12-5-6-13(18)9(2)7-12)20-16-22-14(10(3)17)21-15(19)23-16/h5-7,10-11H,4,8H2,1-3H3,(H3,19,20,21,22,23). The number of aromatic nitrogens is 3. The zero-order valence-electron chi connectivity index (χ0n) is 13.9. The highest BCUT2D eigenvalue weighted by atomic mass is 19.1. The van der Waals surface area contributed by atoms with E-state index >= 15 is 0 Å². The average Bonchev–Trinajstić information content (AvgIpc) is 2.54. The van der Waals surface area contributed by atoms with Crippen LogP contribution in [0.2, 0.25) is 0 Å². The van der Waals surface area contributed by atoms with Crippen LogP contribution in [0.4, 0.5) is 20.7 Å². The summed E-state index contributed by atoms with van der Waals surface area (Å²) in [5.41, 5.74) is 6.09. The van der Waals surface area contributed by atoms with Crippen molar-refractivity contribution in [2.24, 2.45) is 0 Å². The van der Waals surface area contributed by atoms with E-state index in [2.05, 4.69) is 20.3 Å². The Morgan fingerprint density at radius 2 is 2.04 bits per heavy atom. The van der Waals surface area contributed by atoms with Gasteiger partial charge in [0, 0.05) is 0 Å². The molecule has 8 heteroatoms. The molecule has 0 saturated heterocycles. The van der Waals surface area contributed by atoms with Crippen LogP contribution >= 0.6 is 0 Å². The number of nitrogen functional groups attached to an aromatic ring is 1. The first-order chi connectivity index (χ1) is 11.4. The summed E-state index contributed by atoms with van der Waals surface area (Å²) in [5, 5.41) is 3.05. The molecule has 0 radical (unpaired) electrons. The van der Waals surface area contributed by atoms with Gasteiger partial charge in [-0.05, 0) is 44.0 Å². The van der Waals surface area contributed by atoms with Gasteiger partial charge in [-0.2, -0.15) is 15.0 Å². The number of nitrogens with one attached hydrogen (secondary N) is 1. The average molecular weight is 337 g/mol. The molecule has 0 fully saturated rings. The molecule has 2 aromatic rings. The van der Waals surface area contributed by atoms with Gasteiger partial charge in [-0.25, -0.2) is 8.78 Å². The summed E-state index contributed by atoms with van der Waals surface area (Å²) in [5.74, 6) is 0.433. The Labute approximate surface area is 139 Å². The molecule has 6 nitrogen and oxygen atoms in total. The van der Waals surface area contributed by atoms with Crippen molar-refractivity contribution >= 4 is 11.9 Å². The second-order valence-electron chi connectivity index (χ2n) is 5.46. The molecule has 130 valence electrons. The molecule has 0 aliphatic rings. The van der Waals surface area contributed by atoms with Gasteiger partial charge in [-0.3, -0.25) is 0 Å². The van der Waals surface area contributed by atoms with Gasteiger partial charge in [-0.15, -0.1) is 0 Å². The first kappa shape index (κ1) is 17.8. The largest absolute Gasteiger partial charge is 0.491 e. The number of hydrogen-bond acceptors (Lipinski definition) is 6. The van der Waals surface area contributed by atoms with E-state index in [9.17, 15) is 8.78 Å². The Kier molecular flexibility index (Phi) is 5.83. The predicted octanol–water partition coefficient (Wildman–Crippen LogP) is 3.20. The third kappa shape index (κ3) is 4.74. The number of alkyl halides is 1. The minimum absolute atomic E-state index is 0.0186. The van der Waals surface area contributed by atoms with Crippen molar-refractivity contribution in [1.29, 1.82) is 0 Å². The Balaban J connectivity index is 2.02. The van der Waals surface area contributed by atoms with Gasteiger partial charge in [0.1, 0.15) is 18.2 Å². The first-order valence-electron chi connectivity index (χ1n) is 7.70. The summed E-state index contributed by atoms with van der Waals surface area (Å²) in [6, 6.07) is 4.44. The molecule has 0 spiro atoms. The summed E-state index contributed by atoms with van der Waals surface area (Å²) >= 11 is 0. The van der Waals surface area contributed by atoms with E-state index in [0.29, 0.717) is 24.3 Å². The van der Waals surface area contributed by atoms with Gasteiger partial charge in [0.25, 0.3) is 0 Å². The van der Waals surface area contributed by atoms with Crippen LogP contribution in [0.3, 0.4) is 0 Å². The van der Waals surface area contributed by atoms with E-state index in [1.165, 1.54) is 13.0 Å². The molecule has 2 rings (SSSR count). The second-order valence-corrected chi connectivity index (χ2v) is 5.46. The highest BCUT2D eigenvalue weighted by Crippen LogP contribution is 2.18. The molecule has 1 heterocycles. The minimum Gasteiger partial charge on any atom is -0.491 e. The molecule has 1 aromatic heterocycles. The van der Waals surface area contributed by atoms with Crippen LogP contribution in [0.1, 0.15) is 37.8 Å². The Morgan fingerprint density at radius 1 is 1.29 bits per heavy atom. The number of ether oxygens (including phenoxy) is 1. The van der Waals surface area contributed by atoms with Crippen molar-refractivity contribution in [2.75, 3.05) is 17.7 Å². The molecule has 0 saturated carbocycles. The van der Waals surface area contributed by atoms with E-state index in [4.69, 9.17) is 10.5 Å². The zero-order valence-corrected chi connectivity index (χ0v) is 13.9. The van der Waals surface area contributed by atoms with Gasteiger partial charge in [0.2, 0.25) is 11.9 Å². The maximum absolute atomic E-state index is 13.4. The number of hydrogen-bond donors (Lipinski definition) is 2. The van der Waals surface area contributed by atoms with E-state index < -0.39 is 6.17 Å². The summed E-state index contributed by atoms with van der Waals surface area (Å²) in [4.78, 5) is 11.7. The molecule has 2 unspecified atom stereocenters. The lowest BCUT2D eigenvalue weighted by Gasteiger charge is -2.18. The van der Waals surface area contributed by atoms with Crippen molar-refractivity contribution in [3.63, 3.8) is 0 Å². The monoisotopic (exact) mass is 337 g/mol. The van der Waals surface area contributed by atoms with Crippen LogP contribution in [0.5, 0.6) is 5.75 Å². The molecular weight excluding hydrogens is 316 g/mol. The van der Waals surface area contributed by atoms with Gasteiger partial charge in [0.05, 0.1) is 6.04 Å². The first-order valence-corrected chi connectivity index (χ1v) is 7.70. The van der Waals surface area contributed by atoms with Crippen LogP contribution in [0.25, 0.3) is 0 Å². The maximum Gasteiger partial charge on any atom is 0.228 e. The van der Waals surface area contributed by atoms with Gasteiger partial charge in [-0.1, -0.05) is 6.92 Å². The van der Waals surface area contributed by atoms with E-state index in [1.54, 1.807) is 19.1 Å². The molecule has 24 heavy (non-hydrogen) atoms. The number of anilines is 2. The summed E-state index contributed by atoms with van der Waals surface area (Å²) < 4.78 is 32.3. The summed E-state index contributed by atoms with van der Waals surface area (Å²) in [6.07, 6.45) is -0.624. The van der Waals surface area contributed by atoms with E-state index in [1.807, 2.05) is 6.92 Å². The van der Waals surface area contributed by atoms with Crippen molar-refractivity contribution < 1.29 is 13.5 Å². The minimum atomic E-state index is -1.34. The second kappa shape index (κ2) is 7.85. The van der Waals surface area contributed by atoms with Crippen molar-refractivity contribution in [3.05, 3.63) is 35.4 Å². The normalized spacial score (nSPS) is 13.4. The Bertz CT molecular complexity index is 696. The SMILES string of the molecule is CCC(COc1ccc(F)c(C)c1)Nc1nc(N)nc(C(C)F)n1. The number of halogens is 2. The Morgan fingerprint density at radius 3 is 2.67 bits per heavy atom. The van der Waals surface area contributed by atoms with E-state index in [-0.39, 0.29) is 29.6 Å². The summed E-state index contributed by atoms with van der Waals surface area (Å²) in [6.45, 7) is 5.27. The number of rotatable bonds is 7. The number of nitrogens with zero attached hydrogens (tertiary/aromatic N) is 3. The lowest BCUT2D eigenvalue weighted by atomic mass is 10.2. The lowest BCUT2D eigenvalue weighted by Crippen LogP contribution is -2.28. The maximum atomic E-state index is 13.4. The summed E-state index contributed by atoms with van der Waals surface area (Å²) in [7, 11) is 0. The quantitative estimate of drug-likeness (QED) is 0.807. The number of benzene rings is 1. The highest BCUT2D eigenvalue weighted by Gasteiger charge is 2.14. The van der Waals surface area contributed by atoms with Crippen molar-refractivity contribution in [2.45, 2.75) is 39.4 Å². The fraction of sp³-hybridized carbons (Fsp3) is 0.438. The van der Waals surface area contributed by atoms with Gasteiger partial charge < -0.3 is 15.8 Å². The molecule has 0 aliphatic carbocycles. The lowest BCUT2D eigenvalue weighted by molar-refractivity contribution is 0.293.